The number of aromatic nitrogens is 2. The van der Waals surface area contributed by atoms with Gasteiger partial charge in [-0.15, -0.1) is 0 Å². The van der Waals surface area contributed by atoms with E-state index in [-0.39, 0.29) is 49.7 Å². The Balaban J connectivity index is 0.876. The summed E-state index contributed by atoms with van der Waals surface area (Å²) in [5.41, 5.74) is 13.6. The van der Waals surface area contributed by atoms with Crippen LogP contribution >= 0.6 is 0 Å². The number of halogens is 4. The first kappa shape index (κ1) is 41.9. The molecule has 2 N–H and O–H groups in total. The average molecular weight is 851 g/mol. The van der Waals surface area contributed by atoms with E-state index < -0.39 is 11.8 Å². The van der Waals surface area contributed by atoms with Gasteiger partial charge < -0.3 is 20.4 Å². The van der Waals surface area contributed by atoms with Gasteiger partial charge in [0.05, 0.1) is 23.5 Å². The Morgan fingerprint density at radius 1 is 0.645 bits per heavy atom. The van der Waals surface area contributed by atoms with Gasteiger partial charge in [0.2, 0.25) is 0 Å². The maximum absolute atomic E-state index is 14.6. The van der Waals surface area contributed by atoms with Gasteiger partial charge in [-0.2, -0.15) is 0 Å². The zero-order chi connectivity index (χ0) is 42.6. The van der Waals surface area contributed by atoms with Crippen molar-refractivity contribution in [2.45, 2.75) is 126 Å². The highest BCUT2D eigenvalue weighted by atomic mass is 19.3. The molecule has 2 aromatic heterocycles. The number of piperidine rings is 2. The third kappa shape index (κ3) is 8.49. The van der Waals surface area contributed by atoms with E-state index in [1.807, 2.05) is 18.5 Å². The molecular formula is C50H62F4N8. The number of anilines is 2. The molecule has 0 spiro atoms. The van der Waals surface area contributed by atoms with Crippen molar-refractivity contribution in [2.24, 2.45) is 0 Å². The quantitative estimate of drug-likeness (QED) is 0.163. The molecule has 10 rings (SSSR count). The minimum atomic E-state index is -2.62. The van der Waals surface area contributed by atoms with Gasteiger partial charge in [0.25, 0.3) is 11.8 Å². The summed E-state index contributed by atoms with van der Waals surface area (Å²) >= 11 is 0. The molecule has 12 heteroatoms. The van der Waals surface area contributed by atoms with Crippen LogP contribution in [0.2, 0.25) is 0 Å². The fourth-order valence-corrected chi connectivity index (χ4v) is 11.8. The minimum Gasteiger partial charge on any atom is -0.371 e. The topological polar surface area (TPSA) is 62.8 Å². The van der Waals surface area contributed by atoms with Crippen molar-refractivity contribution in [1.82, 2.24) is 30.4 Å². The molecule has 0 saturated carbocycles. The molecule has 2 fully saturated rings. The standard InChI is InChI=1S/C50H62F4N8/c1-59(44-12-3-7-33-9-5-19-55-47(33)44)31-38-28-42-36(30-58-38)25-35(26-46(42)62-23-17-50(53,54)18-24-62)39-13-14-45(48-40(39)10-6-20-56-48)60(2)32-37-27-41-34(29-57-37)8-4-11-43(41)61-21-15-49(51,52)16-22-61/h4-6,8-11,19-20,25-26,37-39,44-45,57-58H,3,7,12-18,21-24,27-32H2,1-2H3/t37-,38+,39?,44-,45-/m0/s1. The normalized spacial score (nSPS) is 26.7. The van der Waals surface area contributed by atoms with Crippen LogP contribution in [0, 0.1) is 0 Å². The summed E-state index contributed by atoms with van der Waals surface area (Å²) in [4.78, 5) is 19.2. The van der Waals surface area contributed by atoms with Crippen LogP contribution in [0.4, 0.5) is 28.9 Å². The summed E-state index contributed by atoms with van der Waals surface area (Å²) in [6.07, 6.45) is 10.4. The van der Waals surface area contributed by atoms with E-state index in [0.29, 0.717) is 32.2 Å². The molecule has 6 heterocycles. The smallest absolute Gasteiger partial charge is 0.251 e. The minimum absolute atomic E-state index is 0.0932. The first-order valence-corrected chi connectivity index (χ1v) is 23.3. The Labute approximate surface area is 364 Å². The Morgan fingerprint density at radius 2 is 1.23 bits per heavy atom. The van der Waals surface area contributed by atoms with Crippen molar-refractivity contribution in [2.75, 3.05) is 63.2 Å². The summed E-state index contributed by atoms with van der Waals surface area (Å²) in [5, 5.41) is 7.68. The van der Waals surface area contributed by atoms with Crippen LogP contribution in [0.15, 0.2) is 67.0 Å². The first-order valence-electron chi connectivity index (χ1n) is 23.3. The van der Waals surface area contributed by atoms with Crippen molar-refractivity contribution in [3.8, 4) is 0 Å². The van der Waals surface area contributed by atoms with Gasteiger partial charge in [0.1, 0.15) is 0 Å². The number of hydrogen-bond donors (Lipinski definition) is 2. The van der Waals surface area contributed by atoms with Gasteiger partial charge in [-0.05, 0) is 122 Å². The van der Waals surface area contributed by atoms with E-state index in [2.05, 4.69) is 92.9 Å². The SMILES string of the molecule is CN(C[C@H]1Cc2c(cc(C3CC[C@H](N(C)C[C@@H]4Cc5c(cccc5N5CCC(F)(F)CC5)CN4)c4ncccc43)cc2N2CCC(F)(F)CC2)CN1)[C@H]1CCCc2cccnc21. The second-order valence-corrected chi connectivity index (χ2v) is 19.3. The van der Waals surface area contributed by atoms with Gasteiger partial charge in [-0.3, -0.25) is 19.8 Å². The lowest BCUT2D eigenvalue weighted by molar-refractivity contribution is -0.0227. The van der Waals surface area contributed by atoms with Crippen molar-refractivity contribution in [3.05, 3.63) is 117 Å². The number of benzene rings is 2. The van der Waals surface area contributed by atoms with Crippen LogP contribution < -0.4 is 20.4 Å². The summed E-state index contributed by atoms with van der Waals surface area (Å²) in [5.74, 6) is -5.04. The fraction of sp³-hybridized carbons (Fsp3) is 0.560. The fourth-order valence-electron chi connectivity index (χ4n) is 11.8. The molecule has 8 nitrogen and oxygen atoms in total. The molecular weight excluding hydrogens is 789 g/mol. The Bertz CT molecular complexity index is 2230. The molecule has 1 unspecified atom stereocenters. The number of likely N-dealkylation sites (N-methyl/N-ethyl adjacent to an activating group) is 2. The Hall–Kier alpha value is -4.10. The number of alkyl halides is 4. The van der Waals surface area contributed by atoms with E-state index in [4.69, 9.17) is 9.97 Å². The van der Waals surface area contributed by atoms with E-state index in [1.165, 1.54) is 51.1 Å². The van der Waals surface area contributed by atoms with Crippen LogP contribution in [0.1, 0.15) is 120 Å². The van der Waals surface area contributed by atoms with E-state index in [1.54, 1.807) is 0 Å². The van der Waals surface area contributed by atoms with E-state index in [0.717, 1.165) is 81.8 Å². The lowest BCUT2D eigenvalue weighted by atomic mass is 9.77. The predicted octanol–water partition coefficient (Wildman–Crippen LogP) is 8.58. The molecule has 4 aromatic rings. The summed E-state index contributed by atoms with van der Waals surface area (Å²) in [7, 11) is 4.44. The van der Waals surface area contributed by atoms with Crippen LogP contribution in [0.5, 0.6) is 0 Å². The Morgan fingerprint density at radius 3 is 1.92 bits per heavy atom. The van der Waals surface area contributed by atoms with E-state index in [9.17, 15) is 17.6 Å². The molecule has 0 amide bonds. The Kier molecular flexibility index (Phi) is 11.6. The highest BCUT2D eigenvalue weighted by Crippen LogP contribution is 2.46. The van der Waals surface area contributed by atoms with Gasteiger partial charge in [0.15, 0.2) is 0 Å². The van der Waals surface area contributed by atoms with Gasteiger partial charge in [-0.25, -0.2) is 17.6 Å². The second-order valence-electron chi connectivity index (χ2n) is 19.3. The zero-order valence-corrected chi connectivity index (χ0v) is 36.4. The molecule has 2 aromatic carbocycles. The van der Waals surface area contributed by atoms with Crippen molar-refractivity contribution in [1.29, 1.82) is 0 Å². The maximum atomic E-state index is 14.6. The molecule has 4 aliphatic heterocycles. The van der Waals surface area contributed by atoms with Crippen LogP contribution in [-0.2, 0) is 32.4 Å². The summed E-state index contributed by atoms with van der Waals surface area (Å²) in [6, 6.07) is 20.6. The molecule has 0 bridgehead atoms. The van der Waals surface area contributed by atoms with Gasteiger partial charge in [-0.1, -0.05) is 30.3 Å². The molecule has 6 aliphatic rings. The maximum Gasteiger partial charge on any atom is 0.251 e. The molecule has 62 heavy (non-hydrogen) atoms. The molecule has 330 valence electrons. The summed E-state index contributed by atoms with van der Waals surface area (Å²) in [6.45, 7) is 4.73. The molecule has 0 radical (unpaired) electrons. The number of aryl methyl sites for hydroxylation is 1. The highest BCUT2D eigenvalue weighted by Gasteiger charge is 2.39. The van der Waals surface area contributed by atoms with E-state index >= 15 is 0 Å². The lowest BCUT2D eigenvalue weighted by Gasteiger charge is -2.41. The largest absolute Gasteiger partial charge is 0.371 e. The van der Waals surface area contributed by atoms with Gasteiger partial charge in [0, 0.05) is 120 Å². The number of nitrogens with zero attached hydrogens (tertiary/aromatic N) is 6. The number of nitrogens with one attached hydrogen (secondary N) is 2. The van der Waals surface area contributed by atoms with Crippen LogP contribution in [-0.4, -0.2) is 97.1 Å². The van der Waals surface area contributed by atoms with Crippen molar-refractivity contribution < 1.29 is 17.6 Å². The highest BCUT2D eigenvalue weighted by molar-refractivity contribution is 5.62. The molecule has 5 atom stereocenters. The zero-order valence-electron chi connectivity index (χ0n) is 36.4. The predicted molar refractivity (Wildman–Crippen MR) is 238 cm³/mol. The third-order valence-electron chi connectivity index (χ3n) is 15.3. The monoisotopic (exact) mass is 851 g/mol. The number of pyridine rings is 2. The number of fused-ring (bicyclic) bond motifs is 4. The number of rotatable bonds is 9. The number of hydrogen-bond acceptors (Lipinski definition) is 8. The first-order chi connectivity index (χ1) is 30.0. The van der Waals surface area contributed by atoms with Crippen molar-refractivity contribution in [3.63, 3.8) is 0 Å². The summed E-state index contributed by atoms with van der Waals surface area (Å²) < 4.78 is 57.4. The van der Waals surface area contributed by atoms with Gasteiger partial charge >= 0.3 is 0 Å². The van der Waals surface area contributed by atoms with Crippen LogP contribution in [0.3, 0.4) is 0 Å². The lowest BCUT2D eigenvalue weighted by Crippen LogP contribution is -2.46. The molecule has 2 aliphatic carbocycles. The third-order valence-corrected chi connectivity index (χ3v) is 15.3. The molecule has 2 saturated heterocycles. The van der Waals surface area contributed by atoms with Crippen LogP contribution in [0.25, 0.3) is 0 Å². The van der Waals surface area contributed by atoms with Crippen molar-refractivity contribution >= 4 is 11.4 Å². The average Bonchev–Trinajstić information content (AvgIpc) is 3.28. The second kappa shape index (κ2) is 17.1.